The summed E-state index contributed by atoms with van der Waals surface area (Å²) in [6.07, 6.45) is 2.21. The molecule has 1 atom stereocenters. The van der Waals surface area contributed by atoms with Gasteiger partial charge < -0.3 is 15.5 Å². The van der Waals surface area contributed by atoms with Crippen LogP contribution in [-0.2, 0) is 6.42 Å². The van der Waals surface area contributed by atoms with Gasteiger partial charge in [0.05, 0.1) is 0 Å². The Morgan fingerprint density at radius 2 is 2.00 bits per heavy atom. The van der Waals surface area contributed by atoms with Crippen LogP contribution >= 0.6 is 11.6 Å². The second-order valence-electron chi connectivity index (χ2n) is 6.94. The first kappa shape index (κ1) is 18.7. The second kappa shape index (κ2) is 9.06. The number of nitrogens with zero attached hydrogens (tertiary/aromatic N) is 1. The lowest BCUT2D eigenvalue weighted by atomic mass is 10.1. The normalized spacial score (nSPS) is 17.2. The first-order valence-corrected chi connectivity index (χ1v) is 9.56. The highest BCUT2D eigenvalue weighted by molar-refractivity contribution is 6.31. The molecule has 1 aliphatic heterocycles. The van der Waals surface area contributed by atoms with Crippen LogP contribution in [0.4, 0.5) is 10.5 Å². The van der Waals surface area contributed by atoms with Gasteiger partial charge in [0.15, 0.2) is 0 Å². The quantitative estimate of drug-likeness (QED) is 0.793. The number of urea groups is 1. The van der Waals surface area contributed by atoms with E-state index in [4.69, 9.17) is 11.6 Å². The molecule has 0 radical (unpaired) electrons. The SMILES string of the molecule is Cc1c(Cl)cccc1NC(=O)NC[C@@H]1CCN(CCc2ccccc2)C1. The number of rotatable bonds is 6. The van der Waals surface area contributed by atoms with Crippen LogP contribution in [0.5, 0.6) is 0 Å². The Kier molecular flexibility index (Phi) is 6.53. The van der Waals surface area contributed by atoms with Crippen molar-refractivity contribution in [1.29, 1.82) is 0 Å². The Hall–Kier alpha value is -2.04. The first-order chi connectivity index (χ1) is 12.6. The molecule has 5 heteroatoms. The van der Waals surface area contributed by atoms with Crippen molar-refractivity contribution in [1.82, 2.24) is 10.2 Å². The second-order valence-corrected chi connectivity index (χ2v) is 7.35. The van der Waals surface area contributed by atoms with Crippen molar-refractivity contribution in [3.63, 3.8) is 0 Å². The number of halogens is 1. The van der Waals surface area contributed by atoms with Crippen molar-refractivity contribution in [3.8, 4) is 0 Å². The van der Waals surface area contributed by atoms with Crippen LogP contribution < -0.4 is 10.6 Å². The predicted molar refractivity (Wildman–Crippen MR) is 108 cm³/mol. The molecule has 0 unspecified atom stereocenters. The van der Waals surface area contributed by atoms with Gasteiger partial charge in [0.2, 0.25) is 0 Å². The van der Waals surface area contributed by atoms with Gasteiger partial charge in [-0.2, -0.15) is 0 Å². The highest BCUT2D eigenvalue weighted by Crippen LogP contribution is 2.23. The zero-order chi connectivity index (χ0) is 18.4. The molecule has 1 fully saturated rings. The molecule has 0 bridgehead atoms. The predicted octanol–water partition coefficient (Wildman–Crippen LogP) is 4.33. The maximum absolute atomic E-state index is 12.1. The molecule has 26 heavy (non-hydrogen) atoms. The number of nitrogens with one attached hydrogen (secondary N) is 2. The van der Waals surface area contributed by atoms with Crippen molar-refractivity contribution in [2.45, 2.75) is 19.8 Å². The van der Waals surface area contributed by atoms with Gasteiger partial charge in [-0.3, -0.25) is 0 Å². The van der Waals surface area contributed by atoms with E-state index in [1.54, 1.807) is 0 Å². The summed E-state index contributed by atoms with van der Waals surface area (Å²) in [5.74, 6) is 0.511. The summed E-state index contributed by atoms with van der Waals surface area (Å²) in [5, 5.41) is 6.54. The van der Waals surface area contributed by atoms with Crippen LogP contribution in [0.3, 0.4) is 0 Å². The van der Waals surface area contributed by atoms with E-state index < -0.39 is 0 Å². The van der Waals surface area contributed by atoms with E-state index >= 15 is 0 Å². The van der Waals surface area contributed by atoms with E-state index in [-0.39, 0.29) is 6.03 Å². The number of amides is 2. The molecule has 2 N–H and O–H groups in total. The third-order valence-electron chi connectivity index (χ3n) is 5.00. The molecule has 1 aliphatic rings. The maximum atomic E-state index is 12.1. The molecule has 1 heterocycles. The molecule has 0 aromatic heterocycles. The fourth-order valence-electron chi connectivity index (χ4n) is 3.36. The van der Waals surface area contributed by atoms with E-state index in [2.05, 4.69) is 45.9 Å². The van der Waals surface area contributed by atoms with Crippen molar-refractivity contribution >= 4 is 23.3 Å². The number of hydrogen-bond donors (Lipinski definition) is 2. The van der Waals surface area contributed by atoms with E-state index in [9.17, 15) is 4.79 Å². The van der Waals surface area contributed by atoms with Crippen LogP contribution in [0.25, 0.3) is 0 Å². The molecule has 4 nitrogen and oxygen atoms in total. The summed E-state index contributed by atoms with van der Waals surface area (Å²) in [5.41, 5.74) is 3.02. The highest BCUT2D eigenvalue weighted by Gasteiger charge is 2.22. The van der Waals surface area contributed by atoms with E-state index in [0.29, 0.717) is 17.5 Å². The summed E-state index contributed by atoms with van der Waals surface area (Å²) in [6.45, 7) is 5.83. The Bertz CT molecular complexity index is 735. The number of anilines is 1. The van der Waals surface area contributed by atoms with Gasteiger partial charge in [0.1, 0.15) is 0 Å². The average Bonchev–Trinajstić information content (AvgIpc) is 3.11. The van der Waals surface area contributed by atoms with Crippen LogP contribution in [0.15, 0.2) is 48.5 Å². The monoisotopic (exact) mass is 371 g/mol. The van der Waals surface area contributed by atoms with Crippen LogP contribution in [0.2, 0.25) is 5.02 Å². The fourth-order valence-corrected chi connectivity index (χ4v) is 3.54. The molecular formula is C21H26ClN3O. The van der Waals surface area contributed by atoms with Crippen LogP contribution in [0.1, 0.15) is 17.5 Å². The van der Waals surface area contributed by atoms with Crippen LogP contribution in [-0.4, -0.2) is 37.1 Å². The maximum Gasteiger partial charge on any atom is 0.319 e. The van der Waals surface area contributed by atoms with Crippen molar-refractivity contribution < 1.29 is 4.79 Å². The fraction of sp³-hybridized carbons (Fsp3) is 0.381. The molecule has 3 rings (SSSR count). The largest absolute Gasteiger partial charge is 0.338 e. The van der Waals surface area contributed by atoms with Crippen LogP contribution in [0, 0.1) is 12.8 Å². The van der Waals surface area contributed by atoms with Crippen molar-refractivity contribution in [2.24, 2.45) is 5.92 Å². The average molecular weight is 372 g/mol. The third-order valence-corrected chi connectivity index (χ3v) is 5.41. The summed E-state index contributed by atoms with van der Waals surface area (Å²) in [7, 11) is 0. The van der Waals surface area contributed by atoms with E-state index in [0.717, 1.165) is 43.7 Å². The standard InChI is InChI=1S/C21H26ClN3O/c1-16-19(22)8-5-9-20(16)24-21(26)23-14-18-11-13-25(15-18)12-10-17-6-3-2-4-7-17/h2-9,18H,10-15H2,1H3,(H2,23,24,26)/t18-/m0/s1. The zero-order valence-electron chi connectivity index (χ0n) is 15.2. The number of carbonyl (C=O) groups is 1. The molecule has 0 spiro atoms. The smallest absolute Gasteiger partial charge is 0.319 e. The number of hydrogen-bond acceptors (Lipinski definition) is 2. The highest BCUT2D eigenvalue weighted by atomic mass is 35.5. The summed E-state index contributed by atoms with van der Waals surface area (Å²) in [4.78, 5) is 14.6. The minimum Gasteiger partial charge on any atom is -0.338 e. The lowest BCUT2D eigenvalue weighted by Gasteiger charge is -2.16. The molecule has 0 saturated carbocycles. The lowest BCUT2D eigenvalue weighted by molar-refractivity contribution is 0.249. The van der Waals surface area contributed by atoms with Crippen molar-refractivity contribution in [2.75, 3.05) is 31.5 Å². The summed E-state index contributed by atoms with van der Waals surface area (Å²) >= 11 is 6.09. The number of carbonyl (C=O) groups excluding carboxylic acids is 1. The van der Waals surface area contributed by atoms with E-state index in [1.807, 2.05) is 25.1 Å². The molecular weight excluding hydrogens is 346 g/mol. The molecule has 0 aliphatic carbocycles. The van der Waals surface area contributed by atoms with E-state index in [1.165, 1.54) is 5.56 Å². The Morgan fingerprint density at radius 1 is 1.19 bits per heavy atom. The minimum atomic E-state index is -0.168. The Labute approximate surface area is 160 Å². The zero-order valence-corrected chi connectivity index (χ0v) is 15.9. The van der Waals surface area contributed by atoms with Gasteiger partial charge in [0.25, 0.3) is 0 Å². The van der Waals surface area contributed by atoms with Gasteiger partial charge in [-0.25, -0.2) is 4.79 Å². The minimum absolute atomic E-state index is 0.168. The number of benzene rings is 2. The van der Waals surface area contributed by atoms with Gasteiger partial charge >= 0.3 is 6.03 Å². The Balaban J connectivity index is 1.39. The molecule has 2 aromatic carbocycles. The number of likely N-dealkylation sites (tertiary alicyclic amines) is 1. The first-order valence-electron chi connectivity index (χ1n) is 9.18. The molecule has 1 saturated heterocycles. The molecule has 2 amide bonds. The summed E-state index contributed by atoms with van der Waals surface area (Å²) < 4.78 is 0. The third kappa shape index (κ3) is 5.23. The van der Waals surface area contributed by atoms with Gasteiger partial charge in [-0.1, -0.05) is 48.0 Å². The lowest BCUT2D eigenvalue weighted by Crippen LogP contribution is -2.34. The van der Waals surface area contributed by atoms with Crippen molar-refractivity contribution in [3.05, 3.63) is 64.7 Å². The molecule has 138 valence electrons. The topological polar surface area (TPSA) is 44.4 Å². The van der Waals surface area contributed by atoms with Gasteiger partial charge in [-0.15, -0.1) is 0 Å². The Morgan fingerprint density at radius 3 is 2.81 bits per heavy atom. The molecule has 2 aromatic rings. The van der Waals surface area contributed by atoms with Gasteiger partial charge in [0, 0.05) is 30.3 Å². The van der Waals surface area contributed by atoms with Gasteiger partial charge in [-0.05, 0) is 55.5 Å². The summed E-state index contributed by atoms with van der Waals surface area (Å²) in [6, 6.07) is 15.9.